The van der Waals surface area contributed by atoms with E-state index in [1.165, 1.54) is 6.33 Å². The molecule has 2 aromatic carbocycles. The van der Waals surface area contributed by atoms with Crippen molar-refractivity contribution in [2.75, 3.05) is 12.4 Å². The second-order valence-electron chi connectivity index (χ2n) is 4.69. The molecule has 0 fully saturated rings. The molecule has 1 N–H and O–H groups in total. The molecule has 0 unspecified atom stereocenters. The molecule has 4 nitrogen and oxygen atoms in total. The topological polar surface area (TPSA) is 47.0 Å². The number of nitrogens with one attached hydrogen (secondary N) is 1. The van der Waals surface area contributed by atoms with Crippen LogP contribution in [0.2, 0.25) is 5.02 Å². The van der Waals surface area contributed by atoms with E-state index in [0.29, 0.717) is 0 Å². The Balaban J connectivity index is 2.04. The molecule has 0 aliphatic carbocycles. The number of methoxy groups -OCH3 is 1. The van der Waals surface area contributed by atoms with Crippen LogP contribution in [0, 0.1) is 6.92 Å². The number of benzene rings is 2. The van der Waals surface area contributed by atoms with Crippen LogP contribution in [-0.4, -0.2) is 17.1 Å². The van der Waals surface area contributed by atoms with Crippen molar-refractivity contribution < 1.29 is 4.74 Å². The Hall–Kier alpha value is -2.33. The Morgan fingerprint density at radius 2 is 1.95 bits per heavy atom. The van der Waals surface area contributed by atoms with E-state index in [1.807, 2.05) is 43.3 Å². The van der Waals surface area contributed by atoms with Gasteiger partial charge in [-0.05, 0) is 42.8 Å². The lowest BCUT2D eigenvalue weighted by Crippen LogP contribution is -1.98. The molecule has 0 aliphatic rings. The zero-order valence-corrected chi connectivity index (χ0v) is 12.5. The van der Waals surface area contributed by atoms with Gasteiger partial charge in [0.05, 0.1) is 12.6 Å². The number of aryl methyl sites for hydroxylation is 1. The number of rotatable bonds is 3. The third kappa shape index (κ3) is 2.76. The molecule has 1 heterocycles. The molecule has 0 aliphatic heterocycles. The largest absolute Gasteiger partial charge is 0.497 e. The van der Waals surface area contributed by atoms with Gasteiger partial charge < -0.3 is 10.1 Å². The van der Waals surface area contributed by atoms with Crippen LogP contribution in [-0.2, 0) is 0 Å². The van der Waals surface area contributed by atoms with Crippen molar-refractivity contribution in [2.24, 2.45) is 0 Å². The average molecular weight is 300 g/mol. The lowest BCUT2D eigenvalue weighted by Gasteiger charge is -2.11. The maximum absolute atomic E-state index is 5.98. The van der Waals surface area contributed by atoms with E-state index in [9.17, 15) is 0 Å². The predicted octanol–water partition coefficient (Wildman–Crippen LogP) is 4.34. The van der Waals surface area contributed by atoms with Crippen LogP contribution in [0.1, 0.15) is 5.56 Å². The Bertz CT molecular complexity index is 805. The molecule has 0 saturated carbocycles. The number of nitrogens with zero attached hydrogens (tertiary/aromatic N) is 2. The molecule has 3 aromatic rings. The summed E-state index contributed by atoms with van der Waals surface area (Å²) in [6, 6.07) is 11.4. The summed E-state index contributed by atoms with van der Waals surface area (Å²) in [6.45, 7) is 2.00. The van der Waals surface area contributed by atoms with E-state index in [-0.39, 0.29) is 0 Å². The minimum Gasteiger partial charge on any atom is -0.497 e. The number of hydrogen-bond acceptors (Lipinski definition) is 4. The lowest BCUT2D eigenvalue weighted by atomic mass is 10.2. The van der Waals surface area contributed by atoms with Gasteiger partial charge in [-0.25, -0.2) is 9.97 Å². The number of fused-ring (bicyclic) bond motifs is 1. The van der Waals surface area contributed by atoms with Gasteiger partial charge in [-0.15, -0.1) is 0 Å². The first-order chi connectivity index (χ1) is 10.2. The molecular formula is C16H14ClN3O. The van der Waals surface area contributed by atoms with E-state index in [0.717, 1.165) is 38.7 Å². The first kappa shape index (κ1) is 13.6. The Morgan fingerprint density at radius 3 is 2.71 bits per heavy atom. The van der Waals surface area contributed by atoms with Gasteiger partial charge in [-0.1, -0.05) is 11.6 Å². The van der Waals surface area contributed by atoms with Crippen molar-refractivity contribution in [2.45, 2.75) is 6.92 Å². The predicted molar refractivity (Wildman–Crippen MR) is 85.6 cm³/mol. The fourth-order valence-electron chi connectivity index (χ4n) is 2.16. The third-order valence-corrected chi connectivity index (χ3v) is 3.52. The van der Waals surface area contributed by atoms with Crippen molar-refractivity contribution in [1.82, 2.24) is 9.97 Å². The van der Waals surface area contributed by atoms with Gasteiger partial charge in [-0.3, -0.25) is 0 Å². The molecule has 21 heavy (non-hydrogen) atoms. The van der Waals surface area contributed by atoms with Gasteiger partial charge in [0, 0.05) is 22.2 Å². The summed E-state index contributed by atoms with van der Waals surface area (Å²) in [5.74, 6) is 1.53. The molecule has 0 bridgehead atoms. The van der Waals surface area contributed by atoms with Crippen molar-refractivity contribution in [3.05, 3.63) is 53.3 Å². The normalized spacial score (nSPS) is 10.6. The highest BCUT2D eigenvalue weighted by Gasteiger charge is 2.07. The molecular weight excluding hydrogens is 286 g/mol. The SMILES string of the molecule is COc1ccc2c(Nc3ccc(Cl)cc3C)ncnc2c1. The molecule has 1 aromatic heterocycles. The Morgan fingerprint density at radius 1 is 1.10 bits per heavy atom. The highest BCUT2D eigenvalue weighted by atomic mass is 35.5. The standard InChI is InChI=1S/C16H14ClN3O/c1-10-7-11(17)3-6-14(10)20-16-13-5-4-12(21-2)8-15(13)18-9-19-16/h3-9H,1-2H3,(H,18,19,20). The monoisotopic (exact) mass is 299 g/mol. The molecule has 5 heteroatoms. The number of aromatic nitrogens is 2. The first-order valence-electron chi connectivity index (χ1n) is 6.49. The smallest absolute Gasteiger partial charge is 0.141 e. The van der Waals surface area contributed by atoms with Crippen LogP contribution in [0.4, 0.5) is 11.5 Å². The van der Waals surface area contributed by atoms with Crippen LogP contribution >= 0.6 is 11.6 Å². The van der Waals surface area contributed by atoms with Gasteiger partial charge in [0.1, 0.15) is 17.9 Å². The summed E-state index contributed by atoms with van der Waals surface area (Å²) in [5, 5.41) is 4.98. The van der Waals surface area contributed by atoms with Gasteiger partial charge in [-0.2, -0.15) is 0 Å². The fraction of sp³-hybridized carbons (Fsp3) is 0.125. The number of halogens is 1. The zero-order chi connectivity index (χ0) is 14.8. The lowest BCUT2D eigenvalue weighted by molar-refractivity contribution is 0.415. The molecule has 0 spiro atoms. The number of hydrogen-bond donors (Lipinski definition) is 1. The van der Waals surface area contributed by atoms with Gasteiger partial charge >= 0.3 is 0 Å². The van der Waals surface area contributed by atoms with Crippen molar-refractivity contribution in [3.8, 4) is 5.75 Å². The summed E-state index contributed by atoms with van der Waals surface area (Å²) in [5.41, 5.74) is 2.86. The Kier molecular flexibility index (Phi) is 3.62. The van der Waals surface area contributed by atoms with Gasteiger partial charge in [0.15, 0.2) is 0 Å². The molecule has 106 valence electrons. The summed E-state index contributed by atoms with van der Waals surface area (Å²) < 4.78 is 5.22. The minimum absolute atomic E-state index is 0.718. The molecule has 0 radical (unpaired) electrons. The molecule has 0 atom stereocenters. The summed E-state index contributed by atoms with van der Waals surface area (Å²) in [4.78, 5) is 8.60. The minimum atomic E-state index is 0.718. The molecule has 0 saturated heterocycles. The van der Waals surface area contributed by atoms with Crippen LogP contribution in [0.25, 0.3) is 10.9 Å². The van der Waals surface area contributed by atoms with Crippen LogP contribution in [0.5, 0.6) is 5.75 Å². The fourth-order valence-corrected chi connectivity index (χ4v) is 2.38. The van der Waals surface area contributed by atoms with Crippen LogP contribution in [0.15, 0.2) is 42.7 Å². The van der Waals surface area contributed by atoms with Crippen molar-refractivity contribution in [1.29, 1.82) is 0 Å². The highest BCUT2D eigenvalue weighted by Crippen LogP contribution is 2.28. The van der Waals surface area contributed by atoms with E-state index in [1.54, 1.807) is 7.11 Å². The maximum Gasteiger partial charge on any atom is 0.141 e. The summed E-state index contributed by atoms with van der Waals surface area (Å²) in [7, 11) is 1.64. The van der Waals surface area contributed by atoms with Gasteiger partial charge in [0.2, 0.25) is 0 Å². The second kappa shape index (κ2) is 5.58. The summed E-state index contributed by atoms with van der Waals surface area (Å²) in [6.07, 6.45) is 1.54. The van der Waals surface area contributed by atoms with E-state index < -0.39 is 0 Å². The summed E-state index contributed by atoms with van der Waals surface area (Å²) >= 11 is 5.98. The van der Waals surface area contributed by atoms with Crippen molar-refractivity contribution >= 4 is 34.0 Å². The van der Waals surface area contributed by atoms with Crippen LogP contribution < -0.4 is 10.1 Å². The first-order valence-corrected chi connectivity index (χ1v) is 6.87. The maximum atomic E-state index is 5.98. The highest BCUT2D eigenvalue weighted by molar-refractivity contribution is 6.30. The molecule has 0 amide bonds. The average Bonchev–Trinajstić information content (AvgIpc) is 2.49. The van der Waals surface area contributed by atoms with Crippen LogP contribution in [0.3, 0.4) is 0 Å². The third-order valence-electron chi connectivity index (χ3n) is 3.29. The Labute approximate surface area is 127 Å². The van der Waals surface area contributed by atoms with Gasteiger partial charge in [0.25, 0.3) is 0 Å². The van der Waals surface area contributed by atoms with Crippen molar-refractivity contribution in [3.63, 3.8) is 0 Å². The van der Waals surface area contributed by atoms with E-state index in [4.69, 9.17) is 16.3 Å². The van der Waals surface area contributed by atoms with E-state index in [2.05, 4.69) is 15.3 Å². The number of ether oxygens (including phenoxy) is 1. The van der Waals surface area contributed by atoms with E-state index >= 15 is 0 Å². The second-order valence-corrected chi connectivity index (χ2v) is 5.13. The zero-order valence-electron chi connectivity index (χ0n) is 11.7. The number of anilines is 2. The molecule has 3 rings (SSSR count). The quantitative estimate of drug-likeness (QED) is 0.781.